The van der Waals surface area contributed by atoms with Gasteiger partial charge in [-0.3, -0.25) is 0 Å². The van der Waals surface area contributed by atoms with Gasteiger partial charge in [-0.25, -0.2) is 16.8 Å². The number of hydrogen-bond acceptors (Lipinski definition) is 6. The average molecular weight is 426 g/mol. The molecule has 1 fully saturated rings. The summed E-state index contributed by atoms with van der Waals surface area (Å²) in [5, 5.41) is -0.721. The van der Waals surface area contributed by atoms with Crippen molar-refractivity contribution in [2.75, 3.05) is 33.1 Å². The zero-order valence-electron chi connectivity index (χ0n) is 15.7. The van der Waals surface area contributed by atoms with E-state index in [2.05, 4.69) is 0 Å². The molecule has 0 spiro atoms. The van der Waals surface area contributed by atoms with E-state index in [0.29, 0.717) is 11.3 Å². The van der Waals surface area contributed by atoms with Crippen LogP contribution in [-0.2, 0) is 19.9 Å². The van der Waals surface area contributed by atoms with Crippen LogP contribution in [0, 0.1) is 0 Å². The molecule has 0 N–H and O–H groups in total. The summed E-state index contributed by atoms with van der Waals surface area (Å²) in [6.07, 6.45) is 0.192. The van der Waals surface area contributed by atoms with Gasteiger partial charge in [-0.1, -0.05) is 30.3 Å². The number of methoxy groups -OCH3 is 2. The summed E-state index contributed by atoms with van der Waals surface area (Å²) >= 11 is 0. The maximum absolute atomic E-state index is 13.2. The van der Waals surface area contributed by atoms with Crippen molar-refractivity contribution in [1.82, 2.24) is 4.31 Å². The summed E-state index contributed by atoms with van der Waals surface area (Å²) in [7, 11) is -4.60. The first kappa shape index (κ1) is 20.6. The highest BCUT2D eigenvalue weighted by atomic mass is 32.2. The van der Waals surface area contributed by atoms with E-state index in [4.69, 9.17) is 9.47 Å². The second-order valence-corrected chi connectivity index (χ2v) is 10.7. The Bertz CT molecular complexity index is 1040. The monoisotopic (exact) mass is 425 g/mol. The van der Waals surface area contributed by atoms with Crippen LogP contribution in [0.15, 0.2) is 53.4 Å². The van der Waals surface area contributed by atoms with Crippen molar-refractivity contribution in [1.29, 1.82) is 0 Å². The Morgan fingerprint density at radius 3 is 2.36 bits per heavy atom. The van der Waals surface area contributed by atoms with E-state index in [-0.39, 0.29) is 35.9 Å². The van der Waals surface area contributed by atoms with Gasteiger partial charge in [0.25, 0.3) is 0 Å². The van der Waals surface area contributed by atoms with Crippen LogP contribution in [0.25, 0.3) is 0 Å². The Kier molecular flexibility index (Phi) is 5.97. The molecular weight excluding hydrogens is 402 g/mol. The van der Waals surface area contributed by atoms with E-state index in [0.717, 1.165) is 0 Å². The molecule has 1 saturated heterocycles. The normalized spacial score (nSPS) is 20.3. The van der Waals surface area contributed by atoms with Gasteiger partial charge in [-0.15, -0.1) is 0 Å². The van der Waals surface area contributed by atoms with Crippen LogP contribution >= 0.6 is 0 Å². The van der Waals surface area contributed by atoms with Crippen molar-refractivity contribution in [3.63, 3.8) is 0 Å². The topological polar surface area (TPSA) is 90.0 Å². The van der Waals surface area contributed by atoms with Gasteiger partial charge in [0.05, 0.1) is 25.2 Å². The highest BCUT2D eigenvalue weighted by molar-refractivity contribution is 7.92. The quantitative estimate of drug-likeness (QED) is 0.730. The lowest BCUT2D eigenvalue weighted by atomic mass is 10.1. The van der Waals surface area contributed by atoms with Crippen LogP contribution < -0.4 is 9.47 Å². The van der Waals surface area contributed by atoms with Gasteiger partial charge < -0.3 is 9.47 Å². The Morgan fingerprint density at radius 2 is 1.71 bits per heavy atom. The molecule has 1 aliphatic rings. The van der Waals surface area contributed by atoms with Crippen molar-refractivity contribution in [2.24, 2.45) is 0 Å². The molecule has 0 aromatic heterocycles. The summed E-state index contributed by atoms with van der Waals surface area (Å²) in [5.41, 5.74) is 0.681. The third-order valence-corrected chi connectivity index (χ3v) is 8.91. The third kappa shape index (κ3) is 4.01. The van der Waals surface area contributed by atoms with Crippen LogP contribution in [0.2, 0.25) is 0 Å². The molecule has 0 radical (unpaired) electrons. The maximum Gasteiger partial charge on any atom is 0.246 e. The second-order valence-electron chi connectivity index (χ2n) is 6.48. The summed E-state index contributed by atoms with van der Waals surface area (Å²) in [5.74, 6) is 0.328. The smallest absolute Gasteiger partial charge is 0.246 e. The molecule has 2 aromatic carbocycles. The van der Waals surface area contributed by atoms with Gasteiger partial charge in [-0.2, -0.15) is 4.31 Å². The third-order valence-electron chi connectivity index (χ3n) is 4.86. The molecule has 3 rings (SSSR count). The number of nitrogens with zero attached hydrogens (tertiary/aromatic N) is 1. The predicted molar refractivity (Wildman–Crippen MR) is 106 cm³/mol. The Hall–Kier alpha value is -2.10. The SMILES string of the molecule is COc1ccc(OC)c(S(=O)(=O)N2CCC(c3ccccc3)S(=O)(=O)CC2)c1. The fourth-order valence-electron chi connectivity index (χ4n) is 3.33. The van der Waals surface area contributed by atoms with E-state index < -0.39 is 25.1 Å². The van der Waals surface area contributed by atoms with E-state index in [1.165, 1.54) is 30.7 Å². The number of sulfonamides is 1. The van der Waals surface area contributed by atoms with Crippen molar-refractivity contribution >= 4 is 19.9 Å². The highest BCUT2D eigenvalue weighted by Gasteiger charge is 2.36. The number of sulfone groups is 1. The van der Waals surface area contributed by atoms with Gasteiger partial charge in [0.2, 0.25) is 10.0 Å². The minimum absolute atomic E-state index is 0.0371. The molecule has 0 amide bonds. The average Bonchev–Trinajstić information content (AvgIpc) is 2.86. The van der Waals surface area contributed by atoms with Gasteiger partial charge in [0.1, 0.15) is 16.4 Å². The largest absolute Gasteiger partial charge is 0.497 e. The number of benzene rings is 2. The molecule has 152 valence electrons. The summed E-state index contributed by atoms with van der Waals surface area (Å²) < 4.78 is 63.6. The van der Waals surface area contributed by atoms with Crippen molar-refractivity contribution in [3.8, 4) is 11.5 Å². The predicted octanol–water partition coefficient (Wildman–Crippen LogP) is 2.25. The first-order valence-corrected chi connectivity index (χ1v) is 11.9. The standard InChI is InChI=1S/C19H23NO6S2/c1-25-16-8-9-17(26-2)19(14-16)28(23,24)20-11-10-18(27(21,22)13-12-20)15-6-4-3-5-7-15/h3-9,14,18H,10-13H2,1-2H3. The lowest BCUT2D eigenvalue weighted by molar-refractivity contribution is 0.384. The van der Waals surface area contributed by atoms with E-state index in [9.17, 15) is 16.8 Å². The van der Waals surface area contributed by atoms with Crippen molar-refractivity contribution in [2.45, 2.75) is 16.6 Å². The maximum atomic E-state index is 13.2. The molecular formula is C19H23NO6S2. The molecule has 9 heteroatoms. The molecule has 1 unspecified atom stereocenters. The minimum Gasteiger partial charge on any atom is -0.497 e. The first-order chi connectivity index (χ1) is 13.3. The molecule has 0 aliphatic carbocycles. The van der Waals surface area contributed by atoms with Gasteiger partial charge in [0, 0.05) is 19.2 Å². The van der Waals surface area contributed by atoms with E-state index in [1.54, 1.807) is 30.3 Å². The molecule has 1 aliphatic heterocycles. The fraction of sp³-hybridized carbons (Fsp3) is 0.368. The van der Waals surface area contributed by atoms with Crippen molar-refractivity contribution < 1.29 is 26.3 Å². The molecule has 2 aromatic rings. The van der Waals surface area contributed by atoms with Crippen molar-refractivity contribution in [3.05, 3.63) is 54.1 Å². The Labute approximate surface area is 165 Å². The van der Waals surface area contributed by atoms with Gasteiger partial charge >= 0.3 is 0 Å². The van der Waals surface area contributed by atoms with Crippen LogP contribution in [-0.4, -0.2) is 54.2 Å². The van der Waals surface area contributed by atoms with Crippen LogP contribution in [0.4, 0.5) is 0 Å². The fourth-order valence-corrected chi connectivity index (χ4v) is 6.87. The summed E-state index contributed by atoms with van der Waals surface area (Å²) in [6, 6.07) is 13.4. The Balaban J connectivity index is 1.95. The lowest BCUT2D eigenvalue weighted by Crippen LogP contribution is -2.33. The second kappa shape index (κ2) is 8.10. The molecule has 1 atom stereocenters. The number of ether oxygens (including phenoxy) is 2. The van der Waals surface area contributed by atoms with E-state index >= 15 is 0 Å². The van der Waals surface area contributed by atoms with Gasteiger partial charge in [-0.05, 0) is 24.1 Å². The van der Waals surface area contributed by atoms with E-state index in [1.807, 2.05) is 6.07 Å². The summed E-state index contributed by atoms with van der Waals surface area (Å²) in [6.45, 7) is -0.00411. The first-order valence-electron chi connectivity index (χ1n) is 8.78. The van der Waals surface area contributed by atoms with Gasteiger partial charge in [0.15, 0.2) is 9.84 Å². The van der Waals surface area contributed by atoms with Crippen LogP contribution in [0.5, 0.6) is 11.5 Å². The number of hydrogen-bond donors (Lipinski definition) is 0. The van der Waals surface area contributed by atoms with Crippen LogP contribution in [0.1, 0.15) is 17.2 Å². The molecule has 1 heterocycles. The molecule has 0 bridgehead atoms. The van der Waals surface area contributed by atoms with Crippen LogP contribution in [0.3, 0.4) is 0 Å². The molecule has 0 saturated carbocycles. The molecule has 28 heavy (non-hydrogen) atoms. The Morgan fingerprint density at radius 1 is 1.00 bits per heavy atom. The zero-order valence-corrected chi connectivity index (χ0v) is 17.4. The number of rotatable bonds is 5. The highest BCUT2D eigenvalue weighted by Crippen LogP contribution is 2.34. The summed E-state index contributed by atoms with van der Waals surface area (Å²) in [4.78, 5) is -0.0371. The minimum atomic E-state index is -3.95. The molecule has 7 nitrogen and oxygen atoms in total. The zero-order chi connectivity index (χ0) is 20.4. The lowest BCUT2D eigenvalue weighted by Gasteiger charge is -2.21.